The van der Waals surface area contributed by atoms with Crippen LogP contribution in [-0.4, -0.2) is 5.71 Å². The Balaban J connectivity index is 1.66. The average Bonchev–Trinajstić information content (AvgIpc) is 3.46. The third-order valence-electron chi connectivity index (χ3n) is 5.80. The van der Waals surface area contributed by atoms with Crippen molar-refractivity contribution in [1.82, 2.24) is 0 Å². The number of unbranched alkanes of at least 4 members (excludes halogenated alkanes) is 1. The molecule has 0 unspecified atom stereocenters. The predicted octanol–water partition coefficient (Wildman–Crippen LogP) is 7.26. The molecule has 2 aromatic carbocycles. The van der Waals surface area contributed by atoms with Crippen LogP contribution in [0, 0.1) is 34.4 Å². The maximum Gasteiger partial charge on any atom is 0.206 e. The molecule has 0 amide bonds. The van der Waals surface area contributed by atoms with Crippen LogP contribution in [0.1, 0.15) is 33.7 Å². The largest absolute Gasteiger partial charge is 0.207 e. The van der Waals surface area contributed by atoms with E-state index in [1.54, 1.807) is 29.5 Å². The molecule has 2 aliphatic carbocycles. The Kier molecular flexibility index (Phi) is 4.13. The molecule has 0 N–H and O–H groups in total. The lowest BCUT2D eigenvalue weighted by Gasteiger charge is -2.03. The molecule has 0 atom stereocenters. The van der Waals surface area contributed by atoms with Crippen molar-refractivity contribution < 1.29 is 8.78 Å². The molecule has 2 aromatic heterocycles. The highest BCUT2D eigenvalue weighted by molar-refractivity contribution is 7.31. The number of halogens is 2. The molecule has 6 rings (SSSR count). The summed E-state index contributed by atoms with van der Waals surface area (Å²) in [6.45, 7) is 0. The SMILES string of the molecule is N#CCC/C=C1\c2cc(F)ccc2-c2c1sc1c3c(sc21)/C(=N/C#N)c1cc(F)ccc1-3. The monoisotopic (exact) mass is 455 g/mol. The minimum absolute atomic E-state index is 0.297. The van der Waals surface area contributed by atoms with Crippen LogP contribution in [0.4, 0.5) is 8.78 Å². The van der Waals surface area contributed by atoms with Crippen molar-refractivity contribution in [3.05, 3.63) is 75.0 Å². The Morgan fingerprint density at radius 3 is 2.16 bits per heavy atom. The lowest BCUT2D eigenvalue weighted by molar-refractivity contribution is 0.627. The summed E-state index contributed by atoms with van der Waals surface area (Å²) in [5, 5.41) is 18.2. The summed E-state index contributed by atoms with van der Waals surface area (Å²) in [7, 11) is 0. The summed E-state index contributed by atoms with van der Waals surface area (Å²) in [6.07, 6.45) is 4.85. The summed E-state index contributed by atoms with van der Waals surface area (Å²) in [5.41, 5.74) is 6.81. The van der Waals surface area contributed by atoms with Crippen LogP contribution in [0.5, 0.6) is 0 Å². The molecule has 0 fully saturated rings. The zero-order valence-corrected chi connectivity index (χ0v) is 18.0. The van der Waals surface area contributed by atoms with Crippen LogP contribution in [0.2, 0.25) is 0 Å². The topological polar surface area (TPSA) is 59.9 Å². The first kappa shape index (κ1) is 19.1. The van der Waals surface area contributed by atoms with E-state index < -0.39 is 0 Å². The van der Waals surface area contributed by atoms with Crippen molar-refractivity contribution in [2.75, 3.05) is 0 Å². The third-order valence-corrected chi connectivity index (χ3v) is 8.38. The van der Waals surface area contributed by atoms with Gasteiger partial charge in [-0.05, 0) is 52.9 Å². The van der Waals surface area contributed by atoms with Gasteiger partial charge in [-0.25, -0.2) is 8.78 Å². The fraction of sp³-hybridized carbons (Fsp3) is 0.0800. The number of nitrogens with zero attached hydrogens (tertiary/aromatic N) is 3. The zero-order valence-electron chi connectivity index (χ0n) is 16.4. The van der Waals surface area contributed by atoms with Crippen molar-refractivity contribution >= 4 is 43.4 Å². The molecule has 4 aromatic rings. The number of allylic oxidation sites excluding steroid dienone is 1. The van der Waals surface area contributed by atoms with E-state index in [2.05, 4.69) is 11.1 Å². The average molecular weight is 456 g/mol. The molecule has 0 saturated heterocycles. The Bertz CT molecular complexity index is 1620. The van der Waals surface area contributed by atoms with Crippen molar-refractivity contribution in [3.8, 4) is 34.5 Å². The molecule has 3 nitrogen and oxygen atoms in total. The maximum absolute atomic E-state index is 14.1. The quantitative estimate of drug-likeness (QED) is 0.204. The second-order valence-electron chi connectivity index (χ2n) is 7.53. The molecule has 32 heavy (non-hydrogen) atoms. The molecule has 0 radical (unpaired) electrons. The van der Waals surface area contributed by atoms with E-state index in [0.29, 0.717) is 24.1 Å². The lowest BCUT2D eigenvalue weighted by atomic mass is 10.0. The van der Waals surface area contributed by atoms with Crippen molar-refractivity contribution in [2.45, 2.75) is 12.8 Å². The Hall–Kier alpha value is -3.65. The zero-order chi connectivity index (χ0) is 22.0. The first-order valence-electron chi connectivity index (χ1n) is 9.87. The number of hydrogen-bond acceptors (Lipinski definition) is 5. The van der Waals surface area contributed by atoms with E-state index in [1.165, 1.54) is 29.5 Å². The Morgan fingerprint density at radius 2 is 1.47 bits per heavy atom. The van der Waals surface area contributed by atoms with E-state index >= 15 is 0 Å². The molecule has 2 heterocycles. The smallest absolute Gasteiger partial charge is 0.206 e. The first-order valence-corrected chi connectivity index (χ1v) is 11.5. The molecule has 0 aliphatic heterocycles. The molecule has 0 spiro atoms. The van der Waals surface area contributed by atoms with Gasteiger partial charge in [-0.2, -0.15) is 15.5 Å². The van der Waals surface area contributed by atoms with Gasteiger partial charge in [-0.1, -0.05) is 18.2 Å². The highest BCUT2D eigenvalue weighted by Crippen LogP contribution is 2.59. The number of thiophene rings is 2. The fourth-order valence-electron chi connectivity index (χ4n) is 4.56. The van der Waals surface area contributed by atoms with Crippen LogP contribution in [0.15, 0.2) is 47.5 Å². The van der Waals surface area contributed by atoms with E-state index in [1.807, 2.05) is 12.3 Å². The van der Waals surface area contributed by atoms with Gasteiger partial charge in [0.25, 0.3) is 0 Å². The van der Waals surface area contributed by atoms with Crippen LogP contribution < -0.4 is 0 Å². The summed E-state index contributed by atoms with van der Waals surface area (Å²) in [4.78, 5) is 5.94. The van der Waals surface area contributed by atoms with E-state index in [0.717, 1.165) is 52.5 Å². The lowest BCUT2D eigenvalue weighted by Crippen LogP contribution is -1.96. The van der Waals surface area contributed by atoms with Crippen LogP contribution in [0.25, 0.3) is 37.2 Å². The number of hydrogen-bond donors (Lipinski definition) is 0. The van der Waals surface area contributed by atoms with Crippen LogP contribution in [-0.2, 0) is 0 Å². The normalized spacial score (nSPS) is 15.5. The van der Waals surface area contributed by atoms with Crippen LogP contribution >= 0.6 is 22.7 Å². The van der Waals surface area contributed by atoms with Gasteiger partial charge in [0, 0.05) is 28.0 Å². The van der Waals surface area contributed by atoms with Gasteiger partial charge in [0.1, 0.15) is 17.3 Å². The molecule has 152 valence electrons. The third kappa shape index (κ3) is 2.50. The van der Waals surface area contributed by atoms with Gasteiger partial charge < -0.3 is 0 Å². The Labute approximate surface area is 189 Å². The van der Waals surface area contributed by atoms with Crippen molar-refractivity contribution in [3.63, 3.8) is 0 Å². The van der Waals surface area contributed by atoms with Crippen molar-refractivity contribution in [2.24, 2.45) is 4.99 Å². The second kappa shape index (κ2) is 6.93. The van der Waals surface area contributed by atoms with Crippen molar-refractivity contribution in [1.29, 1.82) is 10.5 Å². The van der Waals surface area contributed by atoms with Gasteiger partial charge in [-0.15, -0.1) is 22.7 Å². The summed E-state index contributed by atoms with van der Waals surface area (Å²) in [5.74, 6) is -0.664. The van der Waals surface area contributed by atoms with Gasteiger partial charge in [0.05, 0.1) is 20.3 Å². The minimum Gasteiger partial charge on any atom is -0.207 e. The number of aliphatic imine (C=N–C) groups is 1. The molecule has 0 saturated carbocycles. The molecule has 2 aliphatic rings. The Morgan fingerprint density at radius 1 is 0.844 bits per heavy atom. The summed E-state index contributed by atoms with van der Waals surface area (Å²) >= 11 is 3.16. The first-order chi connectivity index (χ1) is 15.6. The van der Waals surface area contributed by atoms with Gasteiger partial charge in [0.15, 0.2) is 0 Å². The molecule has 0 bridgehead atoms. The minimum atomic E-state index is -0.367. The van der Waals surface area contributed by atoms with E-state index in [-0.39, 0.29) is 11.6 Å². The number of benzene rings is 2. The van der Waals surface area contributed by atoms with Gasteiger partial charge in [-0.3, -0.25) is 0 Å². The number of nitriles is 2. The molecular formula is C25H11F2N3S2. The maximum atomic E-state index is 14.1. The van der Waals surface area contributed by atoms with E-state index in [9.17, 15) is 14.0 Å². The molecule has 7 heteroatoms. The van der Waals surface area contributed by atoms with Gasteiger partial charge >= 0.3 is 0 Å². The van der Waals surface area contributed by atoms with E-state index in [4.69, 9.17) is 5.26 Å². The fourth-order valence-corrected chi connectivity index (χ4v) is 7.55. The predicted molar refractivity (Wildman–Crippen MR) is 124 cm³/mol. The molecular weight excluding hydrogens is 444 g/mol. The number of rotatable bonds is 2. The summed E-state index contributed by atoms with van der Waals surface area (Å²) < 4.78 is 30.2. The van der Waals surface area contributed by atoms with Crippen LogP contribution in [0.3, 0.4) is 0 Å². The summed E-state index contributed by atoms with van der Waals surface area (Å²) in [6, 6.07) is 11.6. The van der Waals surface area contributed by atoms with Gasteiger partial charge in [0.2, 0.25) is 6.19 Å². The standard InChI is InChI=1S/C25H11F2N3S2/c26-12-4-6-14-17(9-12)16(3-1-2-8-28)22-19(14)24-25(31-22)20-15-7-5-13(27)10-18(15)21(30-11-29)23(20)32-24/h3-7,9-10H,1-2H2/b16-3+,30-21+. The number of fused-ring (bicyclic) bond motifs is 9. The highest BCUT2D eigenvalue weighted by atomic mass is 32.1. The second-order valence-corrected chi connectivity index (χ2v) is 9.57. The highest BCUT2D eigenvalue weighted by Gasteiger charge is 2.36.